The molecule has 3 aromatic rings. The van der Waals surface area contributed by atoms with Gasteiger partial charge >= 0.3 is 0 Å². The number of carbonyl (C=O) groups is 1. The van der Waals surface area contributed by atoms with Crippen LogP contribution in [0.4, 0.5) is 10.8 Å². The molecule has 1 fully saturated rings. The summed E-state index contributed by atoms with van der Waals surface area (Å²) in [6.45, 7) is 3.69. The number of aryl methyl sites for hydroxylation is 1. The van der Waals surface area contributed by atoms with E-state index < -0.39 is 0 Å². The molecular weight excluding hydrogens is 398 g/mol. The molecule has 1 N–H and O–H groups in total. The molecule has 0 unspecified atom stereocenters. The Morgan fingerprint density at radius 1 is 1.29 bits per heavy atom. The Morgan fingerprint density at radius 3 is 2.82 bits per heavy atom. The van der Waals surface area contributed by atoms with Crippen molar-refractivity contribution in [1.82, 2.24) is 14.5 Å². The summed E-state index contributed by atoms with van der Waals surface area (Å²) in [6.07, 6.45) is 4.87. The Labute approximate surface area is 171 Å². The predicted molar refractivity (Wildman–Crippen MR) is 113 cm³/mol. The van der Waals surface area contributed by atoms with Gasteiger partial charge < -0.3 is 10.2 Å². The molecule has 1 aliphatic heterocycles. The Kier molecular flexibility index (Phi) is 5.32. The summed E-state index contributed by atoms with van der Waals surface area (Å²) in [5.74, 6) is -0.338. The van der Waals surface area contributed by atoms with Crippen LogP contribution < -0.4 is 15.8 Å². The highest BCUT2D eigenvalue weighted by atomic mass is 35.5. The van der Waals surface area contributed by atoms with Crippen LogP contribution in [0.25, 0.3) is 10.3 Å². The predicted octanol–water partition coefficient (Wildman–Crippen LogP) is 3.44. The number of halogens is 1. The minimum atomic E-state index is -0.338. The fourth-order valence-corrected chi connectivity index (χ4v) is 4.54. The second kappa shape index (κ2) is 7.89. The number of piperidine rings is 1. The van der Waals surface area contributed by atoms with E-state index >= 15 is 0 Å². The second-order valence-electron chi connectivity index (χ2n) is 6.91. The minimum Gasteiger partial charge on any atom is -0.348 e. The van der Waals surface area contributed by atoms with Crippen molar-refractivity contribution >= 4 is 50.0 Å². The van der Waals surface area contributed by atoms with Crippen molar-refractivity contribution in [2.75, 3.05) is 23.3 Å². The quantitative estimate of drug-likeness (QED) is 0.703. The number of aromatic nitrogens is 3. The van der Waals surface area contributed by atoms with Crippen molar-refractivity contribution in [3.63, 3.8) is 0 Å². The zero-order valence-corrected chi connectivity index (χ0v) is 17.0. The molecule has 9 heteroatoms. The SMILES string of the molecule is Cc1ccc(NC(=O)Cn2cnc3nc(N4CCCCC4)sc3c2=O)c(Cl)c1. The highest BCUT2D eigenvalue weighted by Gasteiger charge is 2.18. The average Bonchev–Trinajstić information content (AvgIpc) is 3.12. The average molecular weight is 418 g/mol. The largest absolute Gasteiger partial charge is 0.348 e. The van der Waals surface area contributed by atoms with E-state index in [-0.39, 0.29) is 18.0 Å². The van der Waals surface area contributed by atoms with E-state index in [1.54, 1.807) is 12.1 Å². The first-order chi connectivity index (χ1) is 13.5. The maximum atomic E-state index is 12.8. The molecule has 146 valence electrons. The maximum absolute atomic E-state index is 12.8. The van der Waals surface area contributed by atoms with E-state index in [1.165, 1.54) is 28.7 Å². The van der Waals surface area contributed by atoms with Crippen molar-refractivity contribution in [1.29, 1.82) is 0 Å². The lowest BCUT2D eigenvalue weighted by Gasteiger charge is -2.25. The molecule has 28 heavy (non-hydrogen) atoms. The number of hydrogen-bond donors (Lipinski definition) is 1. The zero-order valence-electron chi connectivity index (χ0n) is 15.4. The summed E-state index contributed by atoms with van der Waals surface area (Å²) in [5, 5.41) is 4.03. The van der Waals surface area contributed by atoms with E-state index in [9.17, 15) is 9.59 Å². The third-order valence-electron chi connectivity index (χ3n) is 4.71. The first-order valence-electron chi connectivity index (χ1n) is 9.18. The second-order valence-corrected chi connectivity index (χ2v) is 8.29. The van der Waals surface area contributed by atoms with E-state index in [0.717, 1.165) is 36.6 Å². The third-order valence-corrected chi connectivity index (χ3v) is 6.12. The highest BCUT2D eigenvalue weighted by Crippen LogP contribution is 2.27. The first kappa shape index (κ1) is 18.9. The van der Waals surface area contributed by atoms with Gasteiger partial charge in [0.05, 0.1) is 10.7 Å². The van der Waals surface area contributed by atoms with Crippen LogP contribution in [-0.2, 0) is 11.3 Å². The van der Waals surface area contributed by atoms with E-state index in [2.05, 4.69) is 20.2 Å². The number of rotatable bonds is 4. The summed E-state index contributed by atoms with van der Waals surface area (Å²) in [6, 6.07) is 5.38. The topological polar surface area (TPSA) is 80.1 Å². The minimum absolute atomic E-state index is 0.136. The lowest BCUT2D eigenvalue weighted by molar-refractivity contribution is -0.116. The Bertz CT molecular complexity index is 1090. The van der Waals surface area contributed by atoms with Gasteiger partial charge in [-0.25, -0.2) is 4.98 Å². The molecule has 0 saturated carbocycles. The first-order valence-corrected chi connectivity index (χ1v) is 10.4. The molecule has 1 aromatic carbocycles. The zero-order chi connectivity index (χ0) is 19.7. The molecule has 0 spiro atoms. The van der Waals surface area contributed by atoms with Gasteiger partial charge in [-0.05, 0) is 43.9 Å². The molecule has 3 heterocycles. The molecule has 0 atom stereocenters. The van der Waals surface area contributed by atoms with Crippen LogP contribution in [0.1, 0.15) is 24.8 Å². The molecule has 1 amide bonds. The molecule has 0 aliphatic carbocycles. The normalized spacial score (nSPS) is 14.4. The number of fused-ring (bicyclic) bond motifs is 1. The molecule has 0 radical (unpaired) electrons. The summed E-state index contributed by atoms with van der Waals surface area (Å²) in [5.41, 5.74) is 1.71. The summed E-state index contributed by atoms with van der Waals surface area (Å²) in [7, 11) is 0. The number of nitrogens with one attached hydrogen (secondary N) is 1. The van der Waals surface area contributed by atoms with Gasteiger partial charge in [0, 0.05) is 13.1 Å². The Morgan fingerprint density at radius 2 is 2.07 bits per heavy atom. The lowest BCUT2D eigenvalue weighted by Crippen LogP contribution is -2.29. The van der Waals surface area contributed by atoms with Crippen LogP contribution >= 0.6 is 22.9 Å². The molecule has 1 saturated heterocycles. The number of benzene rings is 1. The van der Waals surface area contributed by atoms with Gasteiger partial charge in [0.15, 0.2) is 10.8 Å². The van der Waals surface area contributed by atoms with Gasteiger partial charge in [-0.2, -0.15) is 4.98 Å². The summed E-state index contributed by atoms with van der Waals surface area (Å²) < 4.78 is 1.78. The highest BCUT2D eigenvalue weighted by molar-refractivity contribution is 7.22. The van der Waals surface area contributed by atoms with E-state index in [1.807, 2.05) is 13.0 Å². The van der Waals surface area contributed by atoms with Crippen molar-refractivity contribution < 1.29 is 4.79 Å². The molecule has 7 nitrogen and oxygen atoms in total. The maximum Gasteiger partial charge on any atom is 0.273 e. The summed E-state index contributed by atoms with van der Waals surface area (Å²) in [4.78, 5) is 36.2. The number of anilines is 2. The molecule has 4 rings (SSSR count). The number of nitrogens with zero attached hydrogens (tertiary/aromatic N) is 4. The van der Waals surface area contributed by atoms with Crippen LogP contribution in [0.2, 0.25) is 5.02 Å². The van der Waals surface area contributed by atoms with Gasteiger partial charge in [-0.1, -0.05) is 29.0 Å². The van der Waals surface area contributed by atoms with Crippen LogP contribution in [0, 0.1) is 6.92 Å². The van der Waals surface area contributed by atoms with Gasteiger partial charge in [0.2, 0.25) is 5.91 Å². The van der Waals surface area contributed by atoms with Crippen LogP contribution in [0.15, 0.2) is 29.3 Å². The standard InChI is InChI=1S/C19H20ClN5O2S/c1-12-5-6-14(13(20)9-12)22-15(26)10-25-11-21-17-16(18(25)27)28-19(23-17)24-7-3-2-4-8-24/h5-6,9,11H,2-4,7-8,10H2,1H3,(H,22,26). The fraction of sp³-hybridized carbons (Fsp3) is 0.368. The number of hydrogen-bond acceptors (Lipinski definition) is 6. The fourth-order valence-electron chi connectivity index (χ4n) is 3.23. The van der Waals surface area contributed by atoms with Crippen LogP contribution in [0.5, 0.6) is 0 Å². The Hall–Kier alpha value is -2.45. The summed E-state index contributed by atoms with van der Waals surface area (Å²) >= 11 is 7.50. The third kappa shape index (κ3) is 3.88. The smallest absolute Gasteiger partial charge is 0.273 e. The van der Waals surface area contributed by atoms with E-state index in [0.29, 0.717) is 21.1 Å². The number of amides is 1. The van der Waals surface area contributed by atoms with E-state index in [4.69, 9.17) is 11.6 Å². The van der Waals surface area contributed by atoms with Gasteiger partial charge in [0.1, 0.15) is 17.6 Å². The van der Waals surface area contributed by atoms with Crippen molar-refractivity contribution in [3.05, 3.63) is 45.5 Å². The van der Waals surface area contributed by atoms with Crippen molar-refractivity contribution in [3.8, 4) is 0 Å². The molecular formula is C19H20ClN5O2S. The van der Waals surface area contributed by atoms with Crippen molar-refractivity contribution in [2.45, 2.75) is 32.7 Å². The molecule has 2 aromatic heterocycles. The molecule has 1 aliphatic rings. The van der Waals surface area contributed by atoms with Gasteiger partial charge in [-0.3, -0.25) is 14.2 Å². The Balaban J connectivity index is 1.54. The molecule has 0 bridgehead atoms. The number of thiazole rings is 1. The monoisotopic (exact) mass is 417 g/mol. The number of carbonyl (C=O) groups excluding carboxylic acids is 1. The lowest BCUT2D eigenvalue weighted by atomic mass is 10.1. The van der Waals surface area contributed by atoms with Crippen LogP contribution in [0.3, 0.4) is 0 Å². The van der Waals surface area contributed by atoms with Gasteiger partial charge in [-0.15, -0.1) is 0 Å². The van der Waals surface area contributed by atoms with Crippen molar-refractivity contribution in [2.24, 2.45) is 0 Å². The van der Waals surface area contributed by atoms with Crippen LogP contribution in [-0.4, -0.2) is 33.5 Å². The van der Waals surface area contributed by atoms with Gasteiger partial charge in [0.25, 0.3) is 5.56 Å².